The Kier molecular flexibility index (Phi) is 6.14. The molecule has 0 unspecified atom stereocenters. The summed E-state index contributed by atoms with van der Waals surface area (Å²) in [7, 11) is -3.73. The number of amides is 2. The zero-order chi connectivity index (χ0) is 21.2. The molecule has 156 valence electrons. The largest absolute Gasteiger partial charge is 0.325 e. The van der Waals surface area contributed by atoms with Crippen LogP contribution in [0.1, 0.15) is 26.7 Å². The minimum atomic E-state index is -3.73. The summed E-state index contributed by atoms with van der Waals surface area (Å²) in [6, 6.07) is 8.08. The van der Waals surface area contributed by atoms with Gasteiger partial charge in [0.05, 0.1) is 21.5 Å². The average Bonchev–Trinajstić information content (AvgIpc) is 2.69. The van der Waals surface area contributed by atoms with E-state index in [4.69, 9.17) is 11.6 Å². The van der Waals surface area contributed by atoms with Crippen LogP contribution in [0.25, 0.3) is 0 Å². The number of pyridine rings is 1. The van der Waals surface area contributed by atoms with E-state index in [-0.39, 0.29) is 16.8 Å². The number of halogens is 2. The van der Waals surface area contributed by atoms with Gasteiger partial charge in [-0.1, -0.05) is 17.7 Å². The van der Waals surface area contributed by atoms with E-state index in [1.54, 1.807) is 30.9 Å². The van der Waals surface area contributed by atoms with Crippen molar-refractivity contribution in [1.29, 1.82) is 0 Å². The molecule has 2 aromatic rings. The SMILES string of the molecule is CC(C)(C1CCN(C(=O)Nc2ccc(Cl)nc2)CC1)S(=O)(=O)c1cccc(F)c1. The van der Waals surface area contributed by atoms with Crippen molar-refractivity contribution in [2.24, 2.45) is 5.92 Å². The van der Waals surface area contributed by atoms with Gasteiger partial charge < -0.3 is 10.2 Å². The van der Waals surface area contributed by atoms with Crippen molar-refractivity contribution < 1.29 is 17.6 Å². The second-order valence-electron chi connectivity index (χ2n) is 7.63. The summed E-state index contributed by atoms with van der Waals surface area (Å²) in [6.07, 6.45) is 2.54. The van der Waals surface area contributed by atoms with Gasteiger partial charge in [0.1, 0.15) is 11.0 Å². The number of sulfone groups is 1. The molecule has 0 spiro atoms. The maximum Gasteiger partial charge on any atom is 0.321 e. The predicted molar refractivity (Wildman–Crippen MR) is 110 cm³/mol. The van der Waals surface area contributed by atoms with Crippen LogP contribution in [0.4, 0.5) is 14.9 Å². The highest BCUT2D eigenvalue weighted by Crippen LogP contribution is 2.38. The topological polar surface area (TPSA) is 79.4 Å². The van der Waals surface area contributed by atoms with Crippen LogP contribution in [0.3, 0.4) is 0 Å². The first kappa shape index (κ1) is 21.5. The fraction of sp³-hybridized carbons (Fsp3) is 0.400. The quantitative estimate of drug-likeness (QED) is 0.717. The van der Waals surface area contributed by atoms with Gasteiger partial charge in [0, 0.05) is 13.1 Å². The van der Waals surface area contributed by atoms with Gasteiger partial charge in [0.2, 0.25) is 0 Å². The number of piperidine rings is 1. The van der Waals surface area contributed by atoms with Crippen LogP contribution >= 0.6 is 11.6 Å². The summed E-state index contributed by atoms with van der Waals surface area (Å²) in [6.45, 7) is 4.21. The molecule has 29 heavy (non-hydrogen) atoms. The average molecular weight is 440 g/mol. The summed E-state index contributed by atoms with van der Waals surface area (Å²) in [4.78, 5) is 18.0. The molecular formula is C20H23ClFN3O3S. The van der Waals surface area contributed by atoms with Gasteiger partial charge in [0.15, 0.2) is 9.84 Å². The van der Waals surface area contributed by atoms with Gasteiger partial charge in [-0.15, -0.1) is 0 Å². The van der Waals surface area contributed by atoms with Crippen LogP contribution in [0.5, 0.6) is 0 Å². The Morgan fingerprint density at radius 2 is 1.93 bits per heavy atom. The van der Waals surface area contributed by atoms with Crippen molar-refractivity contribution >= 4 is 33.2 Å². The third kappa shape index (κ3) is 4.53. The molecule has 3 rings (SSSR count). The maximum absolute atomic E-state index is 13.5. The van der Waals surface area contributed by atoms with Crippen molar-refractivity contribution in [2.45, 2.75) is 36.3 Å². The number of hydrogen-bond acceptors (Lipinski definition) is 4. The molecule has 1 saturated heterocycles. The number of aromatic nitrogens is 1. The van der Waals surface area contributed by atoms with E-state index in [2.05, 4.69) is 10.3 Å². The molecule has 1 aromatic heterocycles. The van der Waals surface area contributed by atoms with Gasteiger partial charge >= 0.3 is 6.03 Å². The molecule has 1 N–H and O–H groups in total. The Morgan fingerprint density at radius 1 is 1.24 bits per heavy atom. The highest BCUT2D eigenvalue weighted by atomic mass is 35.5. The molecule has 0 atom stereocenters. The molecule has 9 heteroatoms. The molecule has 6 nitrogen and oxygen atoms in total. The predicted octanol–water partition coefficient (Wildman–Crippen LogP) is 4.37. The van der Waals surface area contributed by atoms with Gasteiger partial charge in [-0.3, -0.25) is 0 Å². The first-order valence-electron chi connectivity index (χ1n) is 9.29. The van der Waals surface area contributed by atoms with Crippen molar-refractivity contribution in [3.05, 3.63) is 53.6 Å². The van der Waals surface area contributed by atoms with E-state index in [0.29, 0.717) is 36.8 Å². The summed E-state index contributed by atoms with van der Waals surface area (Å²) >= 11 is 5.74. The van der Waals surface area contributed by atoms with Gasteiger partial charge in [-0.2, -0.15) is 0 Å². The minimum absolute atomic E-state index is 0.0158. The Bertz CT molecular complexity index is 988. The first-order valence-corrected chi connectivity index (χ1v) is 11.1. The normalized spacial score (nSPS) is 15.9. The van der Waals surface area contributed by atoms with Crippen LogP contribution in [0, 0.1) is 11.7 Å². The van der Waals surface area contributed by atoms with Gasteiger partial charge in [0.25, 0.3) is 0 Å². The molecule has 0 bridgehead atoms. The standard InChI is InChI=1S/C20H23ClFN3O3S/c1-20(2,29(27,28)17-5-3-4-15(22)12-17)14-8-10-25(11-9-14)19(26)24-16-6-7-18(21)23-13-16/h3-7,12-14H,8-11H2,1-2H3,(H,24,26). The molecule has 1 fully saturated rings. The molecule has 2 heterocycles. The first-order chi connectivity index (χ1) is 13.6. The lowest BCUT2D eigenvalue weighted by molar-refractivity contribution is 0.171. The number of anilines is 1. The number of rotatable bonds is 4. The maximum atomic E-state index is 13.5. The minimum Gasteiger partial charge on any atom is -0.325 e. The van der Waals surface area contributed by atoms with E-state index in [1.807, 2.05) is 0 Å². The Labute approximate surface area is 175 Å². The smallest absolute Gasteiger partial charge is 0.321 e. The number of nitrogens with one attached hydrogen (secondary N) is 1. The van der Waals surface area contributed by atoms with E-state index in [1.165, 1.54) is 24.4 Å². The van der Waals surface area contributed by atoms with Crippen LogP contribution in [-0.2, 0) is 9.84 Å². The number of carbonyl (C=O) groups excluding carboxylic acids is 1. The molecule has 0 saturated carbocycles. The third-order valence-corrected chi connectivity index (χ3v) is 8.36. The second-order valence-corrected chi connectivity index (χ2v) is 10.5. The summed E-state index contributed by atoms with van der Waals surface area (Å²) < 4.78 is 38.7. The lowest BCUT2D eigenvalue weighted by atomic mass is 9.86. The molecular weight excluding hydrogens is 417 g/mol. The second kappa shape index (κ2) is 8.28. The molecule has 0 radical (unpaired) electrons. The van der Waals surface area contributed by atoms with Crippen molar-refractivity contribution in [1.82, 2.24) is 9.88 Å². The van der Waals surface area contributed by atoms with E-state index in [0.717, 1.165) is 6.07 Å². The number of nitrogens with zero attached hydrogens (tertiary/aromatic N) is 2. The monoisotopic (exact) mass is 439 g/mol. The van der Waals surface area contributed by atoms with Crippen LogP contribution in [-0.4, -0.2) is 42.2 Å². The molecule has 1 aliphatic heterocycles. The molecule has 1 aromatic carbocycles. The van der Waals surface area contributed by atoms with Crippen molar-refractivity contribution in [3.8, 4) is 0 Å². The number of urea groups is 1. The van der Waals surface area contributed by atoms with Crippen LogP contribution in [0.15, 0.2) is 47.5 Å². The lowest BCUT2D eigenvalue weighted by Crippen LogP contribution is -2.48. The summed E-state index contributed by atoms with van der Waals surface area (Å²) in [5, 5.41) is 3.10. The van der Waals surface area contributed by atoms with Crippen LogP contribution < -0.4 is 5.32 Å². The Morgan fingerprint density at radius 3 is 2.52 bits per heavy atom. The van der Waals surface area contributed by atoms with E-state index < -0.39 is 20.4 Å². The number of carbonyl (C=O) groups is 1. The fourth-order valence-electron chi connectivity index (χ4n) is 3.59. The molecule has 2 amide bonds. The van der Waals surface area contributed by atoms with E-state index >= 15 is 0 Å². The zero-order valence-electron chi connectivity index (χ0n) is 16.2. The summed E-state index contributed by atoms with van der Waals surface area (Å²) in [5.74, 6) is -0.734. The van der Waals surface area contributed by atoms with Gasteiger partial charge in [-0.25, -0.2) is 22.6 Å². The third-order valence-electron chi connectivity index (χ3n) is 5.54. The Hall–Kier alpha value is -2.19. The molecule has 1 aliphatic rings. The Balaban J connectivity index is 1.66. The zero-order valence-corrected chi connectivity index (χ0v) is 17.8. The van der Waals surface area contributed by atoms with Crippen molar-refractivity contribution in [2.75, 3.05) is 18.4 Å². The lowest BCUT2D eigenvalue weighted by Gasteiger charge is -2.40. The number of benzene rings is 1. The van der Waals surface area contributed by atoms with E-state index in [9.17, 15) is 17.6 Å². The van der Waals surface area contributed by atoms with Crippen molar-refractivity contribution in [3.63, 3.8) is 0 Å². The fourth-order valence-corrected chi connectivity index (χ4v) is 5.51. The highest BCUT2D eigenvalue weighted by molar-refractivity contribution is 7.92. The number of likely N-dealkylation sites (tertiary alicyclic amines) is 1. The highest BCUT2D eigenvalue weighted by Gasteiger charge is 2.44. The van der Waals surface area contributed by atoms with Crippen LogP contribution in [0.2, 0.25) is 5.15 Å². The molecule has 0 aliphatic carbocycles. The summed E-state index contributed by atoms with van der Waals surface area (Å²) in [5.41, 5.74) is 0.538. The van der Waals surface area contributed by atoms with Gasteiger partial charge in [-0.05, 0) is 62.9 Å². The number of hydrogen-bond donors (Lipinski definition) is 1.